The SMILES string of the molecule is CN=C(NCCOc1cccc(C(C)(C)C)c1)NCCN1CCOCC1.I. The Bertz CT molecular complexity index is 569. The van der Waals surface area contributed by atoms with Crippen LogP contribution >= 0.6 is 24.0 Å². The molecular formula is C20H35IN4O2. The van der Waals surface area contributed by atoms with Gasteiger partial charge in [0.25, 0.3) is 0 Å². The first kappa shape index (κ1) is 24.0. The second-order valence-corrected chi connectivity index (χ2v) is 7.51. The van der Waals surface area contributed by atoms with E-state index in [0.717, 1.165) is 51.1 Å². The summed E-state index contributed by atoms with van der Waals surface area (Å²) in [5.74, 6) is 1.72. The molecule has 1 aromatic carbocycles. The van der Waals surface area contributed by atoms with Crippen LogP contribution in [-0.2, 0) is 10.2 Å². The Balaban J connectivity index is 0.00000364. The van der Waals surface area contributed by atoms with Crippen molar-refractivity contribution in [2.45, 2.75) is 26.2 Å². The molecule has 1 heterocycles. The number of ether oxygens (including phenoxy) is 2. The molecule has 1 aliphatic rings. The van der Waals surface area contributed by atoms with E-state index >= 15 is 0 Å². The van der Waals surface area contributed by atoms with Gasteiger partial charge in [0.15, 0.2) is 5.96 Å². The van der Waals surface area contributed by atoms with Crippen molar-refractivity contribution in [1.29, 1.82) is 0 Å². The number of nitrogens with one attached hydrogen (secondary N) is 2. The quantitative estimate of drug-likeness (QED) is 0.266. The Morgan fingerprint density at radius 3 is 2.56 bits per heavy atom. The lowest BCUT2D eigenvalue weighted by Crippen LogP contribution is -2.45. The van der Waals surface area contributed by atoms with E-state index in [1.807, 2.05) is 6.07 Å². The third-order valence-electron chi connectivity index (χ3n) is 4.41. The van der Waals surface area contributed by atoms with Crippen molar-refractivity contribution in [3.63, 3.8) is 0 Å². The first-order chi connectivity index (χ1) is 12.5. The third-order valence-corrected chi connectivity index (χ3v) is 4.41. The van der Waals surface area contributed by atoms with E-state index < -0.39 is 0 Å². The molecule has 0 aromatic heterocycles. The molecule has 0 unspecified atom stereocenters. The number of rotatable bonds is 7. The number of morpholine rings is 1. The topological polar surface area (TPSA) is 58.1 Å². The molecule has 154 valence electrons. The van der Waals surface area contributed by atoms with Gasteiger partial charge in [-0.2, -0.15) is 0 Å². The highest BCUT2D eigenvalue weighted by atomic mass is 127. The maximum absolute atomic E-state index is 5.87. The number of hydrogen-bond donors (Lipinski definition) is 2. The Kier molecular flexibility index (Phi) is 11.0. The monoisotopic (exact) mass is 490 g/mol. The second-order valence-electron chi connectivity index (χ2n) is 7.51. The maximum Gasteiger partial charge on any atom is 0.191 e. The Morgan fingerprint density at radius 1 is 1.19 bits per heavy atom. The van der Waals surface area contributed by atoms with E-state index in [1.54, 1.807) is 7.05 Å². The van der Waals surface area contributed by atoms with E-state index in [2.05, 4.69) is 59.5 Å². The molecule has 2 rings (SSSR count). The van der Waals surface area contributed by atoms with E-state index in [1.165, 1.54) is 5.56 Å². The smallest absolute Gasteiger partial charge is 0.191 e. The molecule has 1 saturated heterocycles. The zero-order chi connectivity index (χ0) is 18.8. The molecule has 1 aliphatic heterocycles. The van der Waals surface area contributed by atoms with E-state index in [0.29, 0.717) is 13.2 Å². The van der Waals surface area contributed by atoms with Crippen LogP contribution in [-0.4, -0.2) is 70.5 Å². The van der Waals surface area contributed by atoms with E-state index in [4.69, 9.17) is 9.47 Å². The minimum absolute atomic E-state index is 0. The van der Waals surface area contributed by atoms with Crippen LogP contribution < -0.4 is 15.4 Å². The fourth-order valence-corrected chi connectivity index (χ4v) is 2.77. The zero-order valence-corrected chi connectivity index (χ0v) is 19.4. The minimum Gasteiger partial charge on any atom is -0.492 e. The average molecular weight is 490 g/mol. The van der Waals surface area contributed by atoms with Gasteiger partial charge in [0.2, 0.25) is 0 Å². The van der Waals surface area contributed by atoms with E-state index in [9.17, 15) is 0 Å². The van der Waals surface area contributed by atoms with Crippen molar-refractivity contribution in [3.8, 4) is 5.75 Å². The third kappa shape index (κ3) is 9.12. The van der Waals surface area contributed by atoms with Crippen molar-refractivity contribution in [1.82, 2.24) is 15.5 Å². The standard InChI is InChI=1S/C20H34N4O2.HI/c1-20(2,3)17-6-5-7-18(16-17)26-13-9-23-19(21-4)22-8-10-24-11-14-25-15-12-24;/h5-7,16H,8-15H2,1-4H3,(H2,21,22,23);1H. The Hall–Kier alpha value is -1.06. The van der Waals surface area contributed by atoms with Crippen LogP contribution in [0.25, 0.3) is 0 Å². The summed E-state index contributed by atoms with van der Waals surface area (Å²) in [6.07, 6.45) is 0. The number of nitrogens with zero attached hydrogens (tertiary/aromatic N) is 2. The second kappa shape index (κ2) is 12.4. The molecule has 0 saturated carbocycles. The van der Waals surface area contributed by atoms with Crippen LogP contribution in [0, 0.1) is 0 Å². The van der Waals surface area contributed by atoms with Gasteiger partial charge in [0.1, 0.15) is 12.4 Å². The van der Waals surface area contributed by atoms with Gasteiger partial charge in [-0.3, -0.25) is 9.89 Å². The summed E-state index contributed by atoms with van der Waals surface area (Å²) in [4.78, 5) is 6.66. The number of aliphatic imine (C=N–C) groups is 1. The molecule has 2 N–H and O–H groups in total. The highest BCUT2D eigenvalue weighted by Gasteiger charge is 2.14. The highest BCUT2D eigenvalue weighted by Crippen LogP contribution is 2.25. The largest absolute Gasteiger partial charge is 0.492 e. The predicted molar refractivity (Wildman–Crippen MR) is 123 cm³/mol. The molecule has 0 radical (unpaired) electrons. The first-order valence-electron chi connectivity index (χ1n) is 9.47. The molecule has 0 bridgehead atoms. The van der Waals surface area contributed by atoms with Crippen molar-refractivity contribution in [2.75, 3.05) is 59.6 Å². The summed E-state index contributed by atoms with van der Waals surface area (Å²) < 4.78 is 11.2. The molecule has 7 heteroatoms. The molecule has 27 heavy (non-hydrogen) atoms. The van der Waals surface area contributed by atoms with Gasteiger partial charge in [0.05, 0.1) is 19.8 Å². The summed E-state index contributed by atoms with van der Waals surface area (Å²) in [6.45, 7) is 13.5. The van der Waals surface area contributed by atoms with Crippen LogP contribution in [0.15, 0.2) is 29.3 Å². The van der Waals surface area contributed by atoms with Crippen molar-refractivity contribution < 1.29 is 9.47 Å². The van der Waals surface area contributed by atoms with E-state index in [-0.39, 0.29) is 29.4 Å². The average Bonchev–Trinajstić information content (AvgIpc) is 2.64. The van der Waals surface area contributed by atoms with Crippen LogP contribution in [0.3, 0.4) is 0 Å². The van der Waals surface area contributed by atoms with Crippen molar-refractivity contribution in [3.05, 3.63) is 29.8 Å². The summed E-state index contributed by atoms with van der Waals surface area (Å²) in [7, 11) is 1.79. The Morgan fingerprint density at radius 2 is 1.89 bits per heavy atom. The van der Waals surface area contributed by atoms with Gasteiger partial charge in [-0.1, -0.05) is 32.9 Å². The lowest BCUT2D eigenvalue weighted by molar-refractivity contribution is 0.0389. The molecule has 1 fully saturated rings. The molecule has 0 spiro atoms. The number of hydrogen-bond acceptors (Lipinski definition) is 4. The molecule has 0 amide bonds. The first-order valence-corrected chi connectivity index (χ1v) is 9.47. The Labute approximate surface area is 181 Å². The lowest BCUT2D eigenvalue weighted by Gasteiger charge is -2.26. The van der Waals surface area contributed by atoms with Gasteiger partial charge < -0.3 is 20.1 Å². The number of benzene rings is 1. The van der Waals surface area contributed by atoms with Gasteiger partial charge in [0, 0.05) is 33.2 Å². The summed E-state index contributed by atoms with van der Waals surface area (Å²) in [5.41, 5.74) is 1.41. The normalized spacial score (nSPS) is 15.8. The van der Waals surface area contributed by atoms with Crippen molar-refractivity contribution >= 4 is 29.9 Å². The van der Waals surface area contributed by atoms with Crippen LogP contribution in [0.2, 0.25) is 0 Å². The zero-order valence-electron chi connectivity index (χ0n) is 17.1. The maximum atomic E-state index is 5.87. The van der Waals surface area contributed by atoms with Gasteiger partial charge in [-0.05, 0) is 23.1 Å². The van der Waals surface area contributed by atoms with Crippen LogP contribution in [0.4, 0.5) is 0 Å². The molecule has 1 aromatic rings. The summed E-state index contributed by atoms with van der Waals surface area (Å²) in [6, 6.07) is 8.32. The van der Waals surface area contributed by atoms with Crippen molar-refractivity contribution in [2.24, 2.45) is 4.99 Å². The summed E-state index contributed by atoms with van der Waals surface area (Å²) in [5, 5.41) is 6.64. The fourth-order valence-electron chi connectivity index (χ4n) is 2.77. The number of guanidine groups is 1. The summed E-state index contributed by atoms with van der Waals surface area (Å²) >= 11 is 0. The van der Waals surface area contributed by atoms with Gasteiger partial charge in [-0.25, -0.2) is 0 Å². The fraction of sp³-hybridized carbons (Fsp3) is 0.650. The molecule has 0 atom stereocenters. The van der Waals surface area contributed by atoms with Crippen LogP contribution in [0.1, 0.15) is 26.3 Å². The minimum atomic E-state index is 0. The van der Waals surface area contributed by atoms with Gasteiger partial charge >= 0.3 is 0 Å². The lowest BCUT2D eigenvalue weighted by atomic mass is 9.87. The molecular weight excluding hydrogens is 455 g/mol. The predicted octanol–water partition coefficient (Wildman–Crippen LogP) is 2.48. The number of halogens is 1. The molecule has 0 aliphatic carbocycles. The van der Waals surface area contributed by atoms with Crippen LogP contribution in [0.5, 0.6) is 5.75 Å². The van der Waals surface area contributed by atoms with Gasteiger partial charge in [-0.15, -0.1) is 24.0 Å². The molecule has 6 nitrogen and oxygen atoms in total. The highest BCUT2D eigenvalue weighted by molar-refractivity contribution is 14.0.